The van der Waals surface area contributed by atoms with Crippen LogP contribution in [0, 0.1) is 5.82 Å². The van der Waals surface area contributed by atoms with Crippen LogP contribution in [0.3, 0.4) is 0 Å². The number of amides is 1. The molecule has 144 valence electrons. The number of carbonyl (C=O) groups is 1. The lowest BCUT2D eigenvalue weighted by Gasteiger charge is -2.31. The molecule has 0 aliphatic carbocycles. The van der Waals surface area contributed by atoms with Gasteiger partial charge in [0.1, 0.15) is 19.3 Å². The number of pyridine rings is 1. The van der Waals surface area contributed by atoms with Gasteiger partial charge in [0.25, 0.3) is 11.7 Å². The van der Waals surface area contributed by atoms with Gasteiger partial charge in [-0.1, -0.05) is 0 Å². The first-order valence-corrected chi connectivity index (χ1v) is 8.26. The Balaban J connectivity index is 1.63. The van der Waals surface area contributed by atoms with Crippen molar-refractivity contribution in [3.05, 3.63) is 53.5 Å². The molecule has 2 aromatic rings. The number of nitrogens with one attached hydrogen (secondary N) is 1. The van der Waals surface area contributed by atoms with E-state index in [1.54, 1.807) is 4.90 Å². The molecule has 5 nitrogen and oxygen atoms in total. The number of aromatic nitrogens is 1. The van der Waals surface area contributed by atoms with E-state index in [1.807, 2.05) is 4.90 Å². The molecule has 2 heterocycles. The fourth-order valence-electron chi connectivity index (χ4n) is 2.92. The zero-order chi connectivity index (χ0) is 19.6. The minimum atomic E-state index is -4.40. The second-order valence-corrected chi connectivity index (χ2v) is 6.09. The Morgan fingerprint density at radius 3 is 2.33 bits per heavy atom. The summed E-state index contributed by atoms with van der Waals surface area (Å²) in [6.45, 7) is 1.65. The zero-order valence-corrected chi connectivity index (χ0v) is 14.5. The first-order valence-electron chi connectivity index (χ1n) is 8.26. The van der Waals surface area contributed by atoms with Crippen LogP contribution in [0.25, 0.3) is 0 Å². The lowest BCUT2D eigenvalue weighted by atomic mass is 10.1. The topological polar surface area (TPSA) is 46.9 Å². The highest BCUT2D eigenvalue weighted by Gasteiger charge is 2.33. The molecule has 0 bridgehead atoms. The number of aromatic amines is 1. The average Bonchev–Trinajstić information content (AvgIpc) is 2.67. The van der Waals surface area contributed by atoms with E-state index >= 15 is 0 Å². The number of alkyl halides is 3. The number of rotatable bonds is 3. The van der Waals surface area contributed by atoms with Crippen LogP contribution in [0.5, 0.6) is 5.75 Å². The van der Waals surface area contributed by atoms with Crippen LogP contribution in [-0.4, -0.2) is 44.1 Å². The van der Waals surface area contributed by atoms with Crippen LogP contribution in [0.1, 0.15) is 15.9 Å². The molecule has 0 atom stereocenters. The van der Waals surface area contributed by atoms with Gasteiger partial charge in [-0.25, -0.2) is 9.37 Å². The predicted molar refractivity (Wildman–Crippen MR) is 89.1 cm³/mol. The van der Waals surface area contributed by atoms with E-state index < -0.39 is 17.6 Å². The van der Waals surface area contributed by atoms with Crippen molar-refractivity contribution < 1.29 is 32.1 Å². The number of H-pyrrole nitrogens is 1. The van der Waals surface area contributed by atoms with E-state index in [0.29, 0.717) is 32.0 Å². The van der Waals surface area contributed by atoms with Crippen molar-refractivity contribution in [2.75, 3.05) is 38.2 Å². The van der Waals surface area contributed by atoms with Gasteiger partial charge in [-0.2, -0.15) is 13.2 Å². The summed E-state index contributed by atoms with van der Waals surface area (Å²) < 4.78 is 56.5. The number of anilines is 1. The summed E-state index contributed by atoms with van der Waals surface area (Å²) in [5.41, 5.74) is -0.524. The summed E-state index contributed by atoms with van der Waals surface area (Å²) in [6.07, 6.45) is -3.47. The van der Waals surface area contributed by atoms with Crippen LogP contribution in [0.15, 0.2) is 36.5 Å². The van der Waals surface area contributed by atoms with Gasteiger partial charge in [0.2, 0.25) is 0 Å². The highest BCUT2D eigenvalue weighted by atomic mass is 19.4. The number of ether oxygens (including phenoxy) is 1. The Hall–Kier alpha value is -2.84. The molecule has 9 heteroatoms. The number of hydrogen-bond acceptors (Lipinski definition) is 3. The van der Waals surface area contributed by atoms with E-state index in [9.17, 15) is 22.4 Å². The highest BCUT2D eigenvalue weighted by Crippen LogP contribution is 2.28. The van der Waals surface area contributed by atoms with E-state index in [-0.39, 0.29) is 17.2 Å². The van der Waals surface area contributed by atoms with Crippen molar-refractivity contribution in [1.29, 1.82) is 0 Å². The van der Waals surface area contributed by atoms with Gasteiger partial charge >= 0.3 is 6.18 Å². The second-order valence-electron chi connectivity index (χ2n) is 6.09. The third-order valence-electron chi connectivity index (χ3n) is 4.43. The summed E-state index contributed by atoms with van der Waals surface area (Å²) in [5, 5.41) is 0. The number of halogens is 4. The van der Waals surface area contributed by atoms with Gasteiger partial charge in [-0.3, -0.25) is 9.69 Å². The molecule has 1 aliphatic rings. The summed E-state index contributed by atoms with van der Waals surface area (Å²) >= 11 is 0. The standard InChI is InChI=1S/C18H17F4N3O2/c1-27-15-4-2-12(10-14(15)19)17(26)25-8-6-24(7-9-25)16-5-3-13(11-23-16)18(20,21)22/h2-5,10-11H,6-9H2,1H3/p+1. The van der Waals surface area contributed by atoms with Crippen molar-refractivity contribution >= 4 is 11.7 Å². The molecule has 3 rings (SSSR count). The Labute approximate surface area is 153 Å². The SMILES string of the molecule is COc1ccc(C(=O)N2CCN(c3ccc(C(F)(F)F)c[nH+]3)CC2)cc1F. The summed E-state index contributed by atoms with van der Waals surface area (Å²) in [5.74, 6) is -0.297. The summed E-state index contributed by atoms with van der Waals surface area (Å²) in [7, 11) is 1.34. The molecule has 1 aliphatic heterocycles. The van der Waals surface area contributed by atoms with Crippen LogP contribution in [0.2, 0.25) is 0 Å². The quantitative estimate of drug-likeness (QED) is 0.765. The van der Waals surface area contributed by atoms with E-state index in [2.05, 4.69) is 4.98 Å². The molecule has 0 saturated carbocycles. The molecule has 1 amide bonds. The number of carbonyl (C=O) groups excluding carboxylic acids is 1. The number of nitrogens with zero attached hydrogens (tertiary/aromatic N) is 2. The van der Waals surface area contributed by atoms with E-state index in [4.69, 9.17) is 4.74 Å². The normalized spacial score (nSPS) is 15.0. The molecular weight excluding hydrogens is 366 g/mol. The predicted octanol–water partition coefficient (Wildman–Crippen LogP) is 2.63. The molecule has 1 N–H and O–H groups in total. The largest absolute Gasteiger partial charge is 0.494 e. The molecule has 1 fully saturated rings. The monoisotopic (exact) mass is 384 g/mol. The fourth-order valence-corrected chi connectivity index (χ4v) is 2.92. The first-order chi connectivity index (χ1) is 12.8. The molecule has 1 saturated heterocycles. The van der Waals surface area contributed by atoms with Crippen molar-refractivity contribution in [2.24, 2.45) is 0 Å². The minimum absolute atomic E-state index is 0.0641. The maximum atomic E-state index is 13.8. The number of hydrogen-bond donors (Lipinski definition) is 0. The average molecular weight is 384 g/mol. The zero-order valence-electron chi connectivity index (χ0n) is 14.5. The summed E-state index contributed by atoms with van der Waals surface area (Å²) in [6, 6.07) is 6.43. The molecule has 0 radical (unpaired) electrons. The lowest BCUT2D eigenvalue weighted by Crippen LogP contribution is -2.50. The smallest absolute Gasteiger partial charge is 0.419 e. The highest BCUT2D eigenvalue weighted by molar-refractivity contribution is 5.94. The number of piperazine rings is 1. The number of methoxy groups -OCH3 is 1. The van der Waals surface area contributed by atoms with Gasteiger partial charge in [-0.05, 0) is 24.3 Å². The minimum Gasteiger partial charge on any atom is -0.494 e. The molecule has 0 unspecified atom stereocenters. The molecule has 1 aromatic carbocycles. The van der Waals surface area contributed by atoms with Crippen molar-refractivity contribution in [3.63, 3.8) is 0 Å². The molecular formula is C18H18F4N3O2+. The molecule has 0 spiro atoms. The first kappa shape index (κ1) is 18.9. The van der Waals surface area contributed by atoms with Gasteiger partial charge in [0.15, 0.2) is 11.6 Å². The maximum Gasteiger partial charge on any atom is 0.419 e. The molecule has 27 heavy (non-hydrogen) atoms. The van der Waals surface area contributed by atoms with Crippen molar-refractivity contribution in [2.45, 2.75) is 6.18 Å². The number of benzene rings is 1. The van der Waals surface area contributed by atoms with Crippen LogP contribution in [0.4, 0.5) is 23.4 Å². The van der Waals surface area contributed by atoms with Crippen LogP contribution < -0.4 is 14.6 Å². The van der Waals surface area contributed by atoms with Gasteiger partial charge in [0, 0.05) is 11.6 Å². The van der Waals surface area contributed by atoms with Crippen molar-refractivity contribution in [1.82, 2.24) is 4.90 Å². The Morgan fingerprint density at radius 2 is 1.81 bits per heavy atom. The van der Waals surface area contributed by atoms with E-state index in [1.165, 1.54) is 25.3 Å². The molecule has 1 aromatic heterocycles. The van der Waals surface area contributed by atoms with Gasteiger partial charge in [0.05, 0.1) is 25.8 Å². The fraction of sp³-hybridized carbons (Fsp3) is 0.333. The second kappa shape index (κ2) is 7.42. The third-order valence-corrected chi connectivity index (χ3v) is 4.43. The Bertz CT molecular complexity index is 816. The van der Waals surface area contributed by atoms with Gasteiger partial charge < -0.3 is 9.64 Å². The summed E-state index contributed by atoms with van der Waals surface area (Å²) in [4.78, 5) is 18.6. The maximum absolute atomic E-state index is 13.8. The van der Waals surface area contributed by atoms with E-state index in [0.717, 1.165) is 18.3 Å². The Kier molecular flexibility index (Phi) is 5.20. The van der Waals surface area contributed by atoms with Crippen LogP contribution >= 0.6 is 0 Å². The Morgan fingerprint density at radius 1 is 1.11 bits per heavy atom. The van der Waals surface area contributed by atoms with Crippen LogP contribution in [-0.2, 0) is 6.18 Å². The third kappa shape index (κ3) is 4.12. The van der Waals surface area contributed by atoms with Gasteiger partial charge in [-0.15, -0.1) is 0 Å². The van der Waals surface area contributed by atoms with Crippen molar-refractivity contribution in [3.8, 4) is 5.75 Å². The lowest BCUT2D eigenvalue weighted by molar-refractivity contribution is -0.367.